The number of nitrogens with two attached hydrogens (primary N) is 1. The SMILES string of the molecule is C[C@@H](N)CC=N. The van der Waals surface area contributed by atoms with Gasteiger partial charge in [0, 0.05) is 6.04 Å². The van der Waals surface area contributed by atoms with Gasteiger partial charge in [0.2, 0.25) is 0 Å². The lowest BCUT2D eigenvalue weighted by Crippen LogP contribution is -2.14. The van der Waals surface area contributed by atoms with Gasteiger partial charge in [0.1, 0.15) is 0 Å². The fourth-order valence-corrected chi connectivity index (χ4v) is 0.186. The maximum atomic E-state index is 6.53. The van der Waals surface area contributed by atoms with Crippen LogP contribution in [-0.4, -0.2) is 12.3 Å². The van der Waals surface area contributed by atoms with Crippen LogP contribution in [0.3, 0.4) is 0 Å². The van der Waals surface area contributed by atoms with Crippen molar-refractivity contribution < 1.29 is 0 Å². The molecule has 0 saturated heterocycles. The first-order valence-electron chi connectivity index (χ1n) is 2.02. The predicted octanol–water partition coefficient (Wildman–Crippen LogP) is 0.373. The summed E-state index contributed by atoms with van der Waals surface area (Å²) in [7, 11) is 0. The molecular formula is C4H10N2. The third-order valence-electron chi connectivity index (χ3n) is 0.490. The van der Waals surface area contributed by atoms with Crippen LogP contribution in [0.4, 0.5) is 0 Å². The number of hydrogen-bond acceptors (Lipinski definition) is 2. The number of rotatable bonds is 2. The van der Waals surface area contributed by atoms with E-state index in [9.17, 15) is 0 Å². The maximum Gasteiger partial charge on any atom is 0.00597 e. The molecule has 3 N–H and O–H groups in total. The molecule has 0 aromatic heterocycles. The number of nitrogens with one attached hydrogen (secondary N) is 1. The van der Waals surface area contributed by atoms with E-state index in [2.05, 4.69) is 0 Å². The molecule has 0 heterocycles. The summed E-state index contributed by atoms with van der Waals surface area (Å²) in [6.07, 6.45) is 2.02. The highest BCUT2D eigenvalue weighted by atomic mass is 14.6. The van der Waals surface area contributed by atoms with Gasteiger partial charge in [0.25, 0.3) is 0 Å². The van der Waals surface area contributed by atoms with Crippen LogP contribution in [0.2, 0.25) is 0 Å². The van der Waals surface area contributed by atoms with E-state index in [0.717, 1.165) is 0 Å². The van der Waals surface area contributed by atoms with Crippen LogP contribution in [0.15, 0.2) is 0 Å². The molecule has 0 spiro atoms. The minimum absolute atomic E-state index is 0.155. The first-order chi connectivity index (χ1) is 2.77. The summed E-state index contributed by atoms with van der Waals surface area (Å²) in [6, 6.07) is 0.155. The Bertz CT molecular complexity index is 40.8. The summed E-state index contributed by atoms with van der Waals surface area (Å²) >= 11 is 0. The summed E-state index contributed by atoms with van der Waals surface area (Å²) in [5.74, 6) is 0. The van der Waals surface area contributed by atoms with Crippen LogP contribution in [0, 0.1) is 5.41 Å². The van der Waals surface area contributed by atoms with E-state index in [0.29, 0.717) is 6.42 Å². The van der Waals surface area contributed by atoms with Gasteiger partial charge in [0.15, 0.2) is 0 Å². The van der Waals surface area contributed by atoms with Gasteiger partial charge in [-0.2, -0.15) is 0 Å². The second kappa shape index (κ2) is 2.85. The molecule has 0 rings (SSSR count). The van der Waals surface area contributed by atoms with Crippen molar-refractivity contribution in [2.24, 2.45) is 5.73 Å². The Balaban J connectivity index is 2.81. The van der Waals surface area contributed by atoms with Crippen molar-refractivity contribution in [3.8, 4) is 0 Å². The molecule has 0 aliphatic heterocycles. The molecule has 0 radical (unpaired) electrons. The largest absolute Gasteiger partial charge is 0.328 e. The van der Waals surface area contributed by atoms with Gasteiger partial charge in [0.05, 0.1) is 0 Å². The molecule has 0 aromatic rings. The second-order valence-electron chi connectivity index (χ2n) is 1.42. The summed E-state index contributed by atoms with van der Waals surface area (Å²) in [4.78, 5) is 0. The van der Waals surface area contributed by atoms with Crippen molar-refractivity contribution in [2.45, 2.75) is 19.4 Å². The van der Waals surface area contributed by atoms with E-state index in [4.69, 9.17) is 11.1 Å². The van der Waals surface area contributed by atoms with Crippen LogP contribution in [-0.2, 0) is 0 Å². The van der Waals surface area contributed by atoms with Crippen molar-refractivity contribution in [1.29, 1.82) is 5.41 Å². The fourth-order valence-electron chi connectivity index (χ4n) is 0.186. The second-order valence-corrected chi connectivity index (χ2v) is 1.42. The maximum absolute atomic E-state index is 6.53. The van der Waals surface area contributed by atoms with Crippen LogP contribution >= 0.6 is 0 Å². The van der Waals surface area contributed by atoms with E-state index in [1.807, 2.05) is 6.92 Å². The molecule has 36 valence electrons. The highest BCUT2D eigenvalue weighted by Gasteiger charge is 1.83. The molecule has 0 aliphatic rings. The van der Waals surface area contributed by atoms with Crippen LogP contribution in [0.1, 0.15) is 13.3 Å². The Morgan fingerprint density at radius 2 is 2.50 bits per heavy atom. The Morgan fingerprint density at radius 3 is 2.50 bits per heavy atom. The highest BCUT2D eigenvalue weighted by molar-refractivity contribution is 5.53. The van der Waals surface area contributed by atoms with E-state index in [1.54, 1.807) is 0 Å². The zero-order valence-electron chi connectivity index (χ0n) is 3.94. The fraction of sp³-hybridized carbons (Fsp3) is 0.750. The lowest BCUT2D eigenvalue weighted by molar-refractivity contribution is 0.785. The third-order valence-corrected chi connectivity index (χ3v) is 0.490. The molecular weight excluding hydrogens is 76.1 g/mol. The highest BCUT2D eigenvalue weighted by Crippen LogP contribution is 1.75. The molecule has 0 amide bonds. The monoisotopic (exact) mass is 86.1 g/mol. The topological polar surface area (TPSA) is 49.9 Å². The molecule has 2 heteroatoms. The third kappa shape index (κ3) is 3.63. The minimum atomic E-state index is 0.155. The molecule has 0 aliphatic carbocycles. The van der Waals surface area contributed by atoms with E-state index < -0.39 is 0 Å². The average Bonchev–Trinajstić information content (AvgIpc) is 1.35. The van der Waals surface area contributed by atoms with E-state index in [-0.39, 0.29) is 6.04 Å². The molecule has 2 nitrogen and oxygen atoms in total. The summed E-state index contributed by atoms with van der Waals surface area (Å²) in [5, 5.41) is 6.53. The first kappa shape index (κ1) is 5.63. The summed E-state index contributed by atoms with van der Waals surface area (Å²) in [6.45, 7) is 1.88. The van der Waals surface area contributed by atoms with E-state index >= 15 is 0 Å². The number of hydrogen-bond donors (Lipinski definition) is 2. The molecule has 0 fully saturated rings. The molecule has 0 bridgehead atoms. The first-order valence-corrected chi connectivity index (χ1v) is 2.02. The Labute approximate surface area is 37.9 Å². The normalized spacial score (nSPS) is 13.7. The van der Waals surface area contributed by atoms with Crippen molar-refractivity contribution in [3.05, 3.63) is 0 Å². The lowest BCUT2D eigenvalue weighted by atomic mass is 10.3. The van der Waals surface area contributed by atoms with Gasteiger partial charge >= 0.3 is 0 Å². The summed E-state index contributed by atoms with van der Waals surface area (Å²) < 4.78 is 0. The molecule has 0 saturated carbocycles. The zero-order valence-corrected chi connectivity index (χ0v) is 3.94. The molecule has 6 heavy (non-hydrogen) atoms. The van der Waals surface area contributed by atoms with Gasteiger partial charge in [-0.15, -0.1) is 0 Å². The smallest absolute Gasteiger partial charge is 0.00597 e. The van der Waals surface area contributed by atoms with E-state index in [1.165, 1.54) is 6.21 Å². The quantitative estimate of drug-likeness (QED) is 0.469. The molecule has 0 aromatic carbocycles. The lowest BCUT2D eigenvalue weighted by Gasteiger charge is -1.92. The van der Waals surface area contributed by atoms with Gasteiger partial charge in [-0.3, -0.25) is 0 Å². The Morgan fingerprint density at radius 1 is 2.00 bits per heavy atom. The molecule has 1 atom stereocenters. The summed E-state index contributed by atoms with van der Waals surface area (Å²) in [5.41, 5.74) is 5.25. The van der Waals surface area contributed by atoms with Gasteiger partial charge in [-0.1, -0.05) is 0 Å². The van der Waals surface area contributed by atoms with Crippen LogP contribution < -0.4 is 5.73 Å². The van der Waals surface area contributed by atoms with Crippen LogP contribution in [0.25, 0.3) is 0 Å². The van der Waals surface area contributed by atoms with Gasteiger partial charge in [-0.05, 0) is 19.6 Å². The Hall–Kier alpha value is -0.370. The predicted molar refractivity (Wildman–Crippen MR) is 27.1 cm³/mol. The van der Waals surface area contributed by atoms with Crippen molar-refractivity contribution in [3.63, 3.8) is 0 Å². The van der Waals surface area contributed by atoms with Crippen LogP contribution in [0.5, 0.6) is 0 Å². The van der Waals surface area contributed by atoms with Crippen molar-refractivity contribution in [1.82, 2.24) is 0 Å². The van der Waals surface area contributed by atoms with Gasteiger partial charge < -0.3 is 11.1 Å². The molecule has 0 unspecified atom stereocenters. The zero-order chi connectivity index (χ0) is 4.99. The van der Waals surface area contributed by atoms with Gasteiger partial charge in [-0.25, -0.2) is 0 Å². The van der Waals surface area contributed by atoms with Crippen molar-refractivity contribution >= 4 is 6.21 Å². The Kier molecular flexibility index (Phi) is 2.67. The van der Waals surface area contributed by atoms with Crippen molar-refractivity contribution in [2.75, 3.05) is 0 Å². The minimum Gasteiger partial charge on any atom is -0.328 e. The standard InChI is InChI=1S/C4H10N2/c1-4(6)2-3-5/h3-5H,2,6H2,1H3/t4-/m1/s1. The average molecular weight is 86.1 g/mol.